The average molecular weight is 464 g/mol. The number of aliphatic imine (C=N–C) groups is 1. The lowest BCUT2D eigenvalue weighted by Gasteiger charge is -2.32. The molecule has 0 bridgehead atoms. The first-order chi connectivity index (χ1) is 11.2. The van der Waals surface area contributed by atoms with E-state index in [1.807, 2.05) is 11.3 Å². The maximum atomic E-state index is 9.74. The van der Waals surface area contributed by atoms with E-state index in [2.05, 4.69) is 40.4 Å². The minimum Gasteiger partial charge on any atom is -0.391 e. The highest BCUT2D eigenvalue weighted by molar-refractivity contribution is 14.0. The van der Waals surface area contributed by atoms with E-state index in [1.54, 1.807) is 4.88 Å². The molecule has 0 aromatic carbocycles. The van der Waals surface area contributed by atoms with E-state index in [0.717, 1.165) is 45.1 Å². The molecule has 24 heavy (non-hydrogen) atoms. The second-order valence-electron chi connectivity index (χ2n) is 6.52. The summed E-state index contributed by atoms with van der Waals surface area (Å²) in [6.45, 7) is 9.79. The molecule has 1 aromatic heterocycles. The average Bonchev–Trinajstić information content (AvgIpc) is 3.18. The van der Waals surface area contributed by atoms with Crippen LogP contribution in [0.25, 0.3) is 0 Å². The number of aliphatic hydroxyl groups is 1. The Hall–Kier alpha value is -0.380. The van der Waals surface area contributed by atoms with Gasteiger partial charge in [0.25, 0.3) is 0 Å². The fraction of sp³-hybridized carbons (Fsp3) is 0.706. The summed E-state index contributed by atoms with van der Waals surface area (Å²) in [6, 6.07) is 2.70. The first-order valence-corrected chi connectivity index (χ1v) is 9.56. The number of aliphatic hydroxyl groups excluding tert-OH is 1. The van der Waals surface area contributed by atoms with Gasteiger partial charge in [0.05, 0.1) is 12.6 Å². The van der Waals surface area contributed by atoms with Crippen molar-refractivity contribution in [1.29, 1.82) is 0 Å². The predicted molar refractivity (Wildman–Crippen MR) is 111 cm³/mol. The van der Waals surface area contributed by atoms with Crippen LogP contribution in [-0.2, 0) is 13.0 Å². The van der Waals surface area contributed by atoms with Crippen LogP contribution in [0.4, 0.5) is 0 Å². The van der Waals surface area contributed by atoms with Crippen LogP contribution in [0.5, 0.6) is 0 Å². The number of rotatable bonds is 4. The quantitative estimate of drug-likeness (QED) is 0.408. The maximum absolute atomic E-state index is 9.74. The molecule has 0 amide bonds. The van der Waals surface area contributed by atoms with Gasteiger partial charge in [-0.3, -0.25) is 9.89 Å². The number of thiophene rings is 1. The lowest BCUT2D eigenvalue weighted by molar-refractivity contribution is 0.187. The monoisotopic (exact) mass is 464 g/mol. The molecule has 0 radical (unpaired) electrons. The van der Waals surface area contributed by atoms with Crippen molar-refractivity contribution in [2.45, 2.75) is 45.4 Å². The van der Waals surface area contributed by atoms with E-state index in [4.69, 9.17) is 4.99 Å². The van der Waals surface area contributed by atoms with E-state index in [0.29, 0.717) is 12.6 Å². The summed E-state index contributed by atoms with van der Waals surface area (Å²) in [5, 5.41) is 15.3. The summed E-state index contributed by atoms with van der Waals surface area (Å²) >= 11 is 1.89. The predicted octanol–water partition coefficient (Wildman–Crippen LogP) is 2.14. The number of β-amino-alcohol motifs (C(OH)–C–C–N with tert-alkyl or cyclic N) is 1. The number of guanidine groups is 1. The third-order valence-corrected chi connectivity index (χ3v) is 5.79. The fourth-order valence-corrected chi connectivity index (χ4v) is 4.23. The van der Waals surface area contributed by atoms with Crippen LogP contribution in [0.2, 0.25) is 0 Å². The minimum atomic E-state index is -0.213. The summed E-state index contributed by atoms with van der Waals surface area (Å²) in [4.78, 5) is 11.1. The van der Waals surface area contributed by atoms with E-state index in [9.17, 15) is 5.11 Å². The second-order valence-corrected chi connectivity index (χ2v) is 7.52. The minimum absolute atomic E-state index is 0. The Balaban J connectivity index is 0.00000208. The van der Waals surface area contributed by atoms with Gasteiger partial charge in [-0.15, -0.1) is 35.3 Å². The van der Waals surface area contributed by atoms with Crippen LogP contribution in [0.1, 0.15) is 30.7 Å². The Morgan fingerprint density at radius 3 is 3.04 bits per heavy atom. The molecule has 2 aliphatic heterocycles. The zero-order valence-electron chi connectivity index (χ0n) is 14.6. The molecular formula is C17H29IN4OS. The van der Waals surface area contributed by atoms with Crippen molar-refractivity contribution < 1.29 is 5.11 Å². The van der Waals surface area contributed by atoms with Crippen molar-refractivity contribution in [2.75, 3.05) is 32.7 Å². The van der Waals surface area contributed by atoms with Crippen molar-refractivity contribution in [3.8, 4) is 0 Å². The molecule has 1 unspecified atom stereocenters. The molecule has 2 atom stereocenters. The number of nitrogens with one attached hydrogen (secondary N) is 1. The van der Waals surface area contributed by atoms with E-state index < -0.39 is 0 Å². The highest BCUT2D eigenvalue weighted by Crippen LogP contribution is 2.25. The molecule has 3 heterocycles. The van der Waals surface area contributed by atoms with Crippen molar-refractivity contribution in [3.05, 3.63) is 21.9 Å². The lowest BCUT2D eigenvalue weighted by Crippen LogP contribution is -2.43. The number of hydrogen-bond acceptors (Lipinski definition) is 4. The molecular weight excluding hydrogens is 435 g/mol. The zero-order valence-corrected chi connectivity index (χ0v) is 17.7. The van der Waals surface area contributed by atoms with E-state index >= 15 is 0 Å². The number of hydrogen-bond donors (Lipinski definition) is 2. The van der Waals surface area contributed by atoms with Crippen molar-refractivity contribution >= 4 is 41.3 Å². The Labute approximate surface area is 166 Å². The SMILES string of the molecule is CCNC(=NCC(C)N1CCc2sccc2C1)N1CC[C@@H](O)C1.I. The summed E-state index contributed by atoms with van der Waals surface area (Å²) < 4.78 is 0. The van der Waals surface area contributed by atoms with Gasteiger partial charge in [-0.1, -0.05) is 0 Å². The molecule has 0 saturated carbocycles. The molecule has 0 spiro atoms. The highest BCUT2D eigenvalue weighted by atomic mass is 127. The van der Waals surface area contributed by atoms with Crippen LogP contribution in [-0.4, -0.2) is 65.7 Å². The topological polar surface area (TPSA) is 51.1 Å². The van der Waals surface area contributed by atoms with Crippen molar-refractivity contribution in [2.24, 2.45) is 4.99 Å². The molecule has 2 aliphatic rings. The molecule has 2 N–H and O–H groups in total. The highest BCUT2D eigenvalue weighted by Gasteiger charge is 2.24. The Kier molecular flexibility index (Phi) is 7.77. The first kappa shape index (κ1) is 19.9. The Morgan fingerprint density at radius 1 is 1.50 bits per heavy atom. The van der Waals surface area contributed by atoms with Crippen molar-refractivity contribution in [1.82, 2.24) is 15.1 Å². The number of nitrogens with zero attached hydrogens (tertiary/aromatic N) is 3. The first-order valence-electron chi connectivity index (χ1n) is 8.68. The molecule has 136 valence electrons. The Bertz CT molecular complexity index is 550. The molecule has 1 aromatic rings. The molecule has 5 nitrogen and oxygen atoms in total. The van der Waals surface area contributed by atoms with Gasteiger partial charge in [-0.2, -0.15) is 0 Å². The number of fused-ring (bicyclic) bond motifs is 1. The van der Waals surface area contributed by atoms with E-state index in [1.165, 1.54) is 12.0 Å². The molecule has 1 fully saturated rings. The van der Waals surface area contributed by atoms with Gasteiger partial charge in [0.1, 0.15) is 0 Å². The number of likely N-dealkylation sites (tertiary alicyclic amines) is 1. The van der Waals surface area contributed by atoms with Gasteiger partial charge in [0.2, 0.25) is 0 Å². The van der Waals surface area contributed by atoms with Crippen LogP contribution in [0.15, 0.2) is 16.4 Å². The standard InChI is InChI=1S/C17H28N4OS.HI/c1-3-18-17(21-7-4-15(22)12-21)19-10-13(2)20-8-5-16-14(11-20)6-9-23-16;/h6,9,13,15,22H,3-5,7-8,10-12H2,1-2H3,(H,18,19);1H/t13?,15-;/m1./s1. The third kappa shape index (κ3) is 4.83. The van der Waals surface area contributed by atoms with Gasteiger partial charge in [0, 0.05) is 43.6 Å². The normalized spacial score (nSPS) is 22.9. The Morgan fingerprint density at radius 2 is 2.33 bits per heavy atom. The molecule has 1 saturated heterocycles. The lowest BCUT2D eigenvalue weighted by atomic mass is 10.1. The van der Waals surface area contributed by atoms with Crippen molar-refractivity contribution in [3.63, 3.8) is 0 Å². The van der Waals surface area contributed by atoms with E-state index in [-0.39, 0.29) is 30.1 Å². The smallest absolute Gasteiger partial charge is 0.194 e. The zero-order chi connectivity index (χ0) is 16.2. The molecule has 7 heteroatoms. The summed E-state index contributed by atoms with van der Waals surface area (Å²) in [5.74, 6) is 0.948. The summed E-state index contributed by atoms with van der Waals surface area (Å²) in [5.41, 5.74) is 1.49. The van der Waals surface area contributed by atoms with Crippen LogP contribution in [0.3, 0.4) is 0 Å². The summed E-state index contributed by atoms with van der Waals surface area (Å²) in [7, 11) is 0. The largest absolute Gasteiger partial charge is 0.391 e. The van der Waals surface area contributed by atoms with Crippen LogP contribution in [0, 0.1) is 0 Å². The number of halogens is 1. The van der Waals surface area contributed by atoms with Gasteiger partial charge >= 0.3 is 0 Å². The summed E-state index contributed by atoms with van der Waals surface area (Å²) in [6.07, 6.45) is 1.79. The second kappa shape index (κ2) is 9.35. The van der Waals surface area contributed by atoms with Gasteiger partial charge < -0.3 is 15.3 Å². The van der Waals surface area contributed by atoms with Gasteiger partial charge in [-0.05, 0) is 43.7 Å². The molecule has 0 aliphatic carbocycles. The maximum Gasteiger partial charge on any atom is 0.194 e. The fourth-order valence-electron chi connectivity index (χ4n) is 3.34. The molecule has 3 rings (SSSR count). The van der Waals surface area contributed by atoms with Crippen LogP contribution >= 0.6 is 35.3 Å². The third-order valence-electron chi connectivity index (χ3n) is 4.76. The van der Waals surface area contributed by atoms with Gasteiger partial charge in [0.15, 0.2) is 5.96 Å². The van der Waals surface area contributed by atoms with Crippen LogP contribution < -0.4 is 5.32 Å². The van der Waals surface area contributed by atoms with Gasteiger partial charge in [-0.25, -0.2) is 0 Å².